The van der Waals surface area contributed by atoms with Crippen molar-refractivity contribution >= 4 is 0 Å². The van der Waals surface area contributed by atoms with Crippen molar-refractivity contribution in [3.05, 3.63) is 0 Å². The lowest BCUT2D eigenvalue weighted by atomic mass is 10.1. The van der Waals surface area contributed by atoms with Crippen LogP contribution in [0.1, 0.15) is 21.6 Å². The maximum Gasteiger partial charge on any atom is 0.0456 e. The van der Waals surface area contributed by atoms with Gasteiger partial charge in [-0.3, -0.25) is 0 Å². The largest absolute Gasteiger partial charge is 0.396 e. The van der Waals surface area contributed by atoms with Gasteiger partial charge in [0, 0.05) is 7.98 Å². The molecule has 0 fully saturated rings. The molecular weight excluding hydrogens is 76.1 g/mol. The van der Waals surface area contributed by atoms with E-state index in [0.29, 0.717) is 6.42 Å². The van der Waals surface area contributed by atoms with E-state index < -0.39 is 5.89 Å². The first kappa shape index (κ1) is 4.13. The molecule has 0 aromatic rings. The molecule has 0 aliphatic rings. The van der Waals surface area contributed by atoms with Crippen LogP contribution in [0.5, 0.6) is 0 Å². The highest BCUT2D eigenvalue weighted by molar-refractivity contribution is 4.41. The summed E-state index contributed by atoms with van der Waals surface area (Å²) in [6.07, 6.45) is 0.712. The molecule has 0 unspecified atom stereocenters. The van der Waals surface area contributed by atoms with Crippen molar-refractivity contribution in [3.8, 4) is 0 Å². The Labute approximate surface area is 40.4 Å². The molecule has 6 heavy (non-hydrogen) atoms. The molecule has 1 atom stereocenters. The van der Waals surface area contributed by atoms with Crippen LogP contribution in [0, 0.1) is 5.89 Å². The summed E-state index contributed by atoms with van der Waals surface area (Å²) in [6.45, 7) is 3.57. The maximum atomic E-state index is 8.41. The van der Waals surface area contributed by atoms with E-state index in [1.54, 1.807) is 6.92 Å². The van der Waals surface area contributed by atoms with Gasteiger partial charge in [-0.1, -0.05) is 20.3 Å². The third-order valence-corrected chi connectivity index (χ3v) is 0.873. The van der Waals surface area contributed by atoms with E-state index in [2.05, 4.69) is 0 Å². The number of hydrogen-bond acceptors (Lipinski definition) is 1. The van der Waals surface area contributed by atoms with Gasteiger partial charge in [0.1, 0.15) is 0 Å². The van der Waals surface area contributed by atoms with Gasteiger partial charge in [-0.25, -0.2) is 0 Å². The third kappa shape index (κ3) is 2.21. The predicted octanol–water partition coefficient (Wildman–Crippen LogP) is 1.02. The number of aliphatic hydroxyl groups excluding tert-OH is 1. The smallest absolute Gasteiger partial charge is 0.0456 e. The standard InChI is InChI=1S/C5H12O/c1-3-5(2)4-6/h5-6H,3-4H2,1-2H3/t5-/m0/s1/i5D. The van der Waals surface area contributed by atoms with Crippen molar-refractivity contribution in [3.63, 3.8) is 0 Å². The summed E-state index contributed by atoms with van der Waals surface area (Å²) in [4.78, 5) is 0. The minimum atomic E-state index is -0.611. The van der Waals surface area contributed by atoms with Gasteiger partial charge in [-0.2, -0.15) is 0 Å². The summed E-state index contributed by atoms with van der Waals surface area (Å²) in [5.41, 5.74) is 0. The van der Waals surface area contributed by atoms with E-state index in [4.69, 9.17) is 6.48 Å². The number of rotatable bonds is 2. The normalized spacial score (nSPS) is 22.2. The molecule has 0 aromatic carbocycles. The summed E-state index contributed by atoms with van der Waals surface area (Å²) in [5.74, 6) is -0.611. The Hall–Kier alpha value is -0.0400. The topological polar surface area (TPSA) is 20.2 Å². The van der Waals surface area contributed by atoms with E-state index in [1.165, 1.54) is 0 Å². The molecule has 0 rings (SSSR count). The highest BCUT2D eigenvalue weighted by atomic mass is 16.3. The van der Waals surface area contributed by atoms with Gasteiger partial charge in [-0.05, 0) is 5.89 Å². The molecule has 0 aliphatic carbocycles. The van der Waals surface area contributed by atoms with Crippen LogP contribution < -0.4 is 0 Å². The highest BCUT2D eigenvalue weighted by Gasteiger charge is 1.90. The Balaban J connectivity index is 3.36. The third-order valence-electron chi connectivity index (χ3n) is 0.873. The Kier molecular flexibility index (Phi) is 2.18. The molecule has 38 valence electrons. The Bertz CT molecular complexity index is 46.0. The Morgan fingerprint density at radius 3 is 2.50 bits per heavy atom. The van der Waals surface area contributed by atoms with E-state index in [0.717, 1.165) is 0 Å². The average molecular weight is 89.2 g/mol. The van der Waals surface area contributed by atoms with E-state index in [9.17, 15) is 0 Å². The van der Waals surface area contributed by atoms with Gasteiger partial charge in [0.2, 0.25) is 0 Å². The summed E-state index contributed by atoms with van der Waals surface area (Å²) < 4.78 is 7.17. The summed E-state index contributed by atoms with van der Waals surface area (Å²) in [6, 6.07) is 0. The van der Waals surface area contributed by atoms with Crippen molar-refractivity contribution in [1.29, 1.82) is 0 Å². The van der Waals surface area contributed by atoms with Crippen LogP contribution in [0.3, 0.4) is 0 Å². The Morgan fingerprint density at radius 1 is 2.00 bits per heavy atom. The van der Waals surface area contributed by atoms with Gasteiger partial charge < -0.3 is 5.11 Å². The fraction of sp³-hybridized carbons (Fsp3) is 1.00. The van der Waals surface area contributed by atoms with Crippen LogP contribution in [0.2, 0.25) is 0 Å². The minimum Gasteiger partial charge on any atom is -0.396 e. The van der Waals surface area contributed by atoms with E-state index >= 15 is 0 Å². The fourth-order valence-electron chi connectivity index (χ4n) is 0.112. The zero-order valence-corrected chi connectivity index (χ0v) is 4.36. The van der Waals surface area contributed by atoms with Crippen LogP contribution in [0.15, 0.2) is 0 Å². The lowest BCUT2D eigenvalue weighted by Gasteiger charge is -1.98. The van der Waals surface area contributed by atoms with Crippen molar-refractivity contribution in [2.24, 2.45) is 5.89 Å². The molecule has 0 radical (unpaired) electrons. The molecule has 1 nitrogen and oxygen atoms in total. The predicted molar refractivity (Wildman–Crippen MR) is 26.5 cm³/mol. The van der Waals surface area contributed by atoms with Crippen LogP contribution in [-0.4, -0.2) is 11.7 Å². The fourth-order valence-corrected chi connectivity index (χ4v) is 0.112. The molecule has 0 bridgehead atoms. The first-order chi connectivity index (χ1) is 3.12. The number of hydrogen-bond donors (Lipinski definition) is 1. The molecule has 0 saturated heterocycles. The Morgan fingerprint density at radius 2 is 2.50 bits per heavy atom. The lowest BCUT2D eigenvalue weighted by Crippen LogP contribution is -1.96. The van der Waals surface area contributed by atoms with Gasteiger partial charge >= 0.3 is 0 Å². The number of aliphatic hydroxyl groups is 1. The molecule has 0 amide bonds. The summed E-state index contributed by atoms with van der Waals surface area (Å²) >= 11 is 0. The van der Waals surface area contributed by atoms with Crippen molar-refractivity contribution < 1.29 is 6.48 Å². The zero-order chi connectivity index (χ0) is 5.91. The van der Waals surface area contributed by atoms with Crippen LogP contribution in [0.25, 0.3) is 0 Å². The van der Waals surface area contributed by atoms with Crippen molar-refractivity contribution in [1.82, 2.24) is 0 Å². The molecular formula is C5H12O. The molecule has 0 spiro atoms. The van der Waals surface area contributed by atoms with E-state index in [1.807, 2.05) is 6.92 Å². The van der Waals surface area contributed by atoms with Gasteiger partial charge in [0.15, 0.2) is 0 Å². The quantitative estimate of drug-likeness (QED) is 0.535. The second kappa shape index (κ2) is 3.16. The zero-order valence-electron chi connectivity index (χ0n) is 5.36. The molecule has 0 aliphatic heterocycles. The van der Waals surface area contributed by atoms with Crippen molar-refractivity contribution in [2.45, 2.75) is 20.3 Å². The lowest BCUT2D eigenvalue weighted by molar-refractivity contribution is 0.234. The van der Waals surface area contributed by atoms with Gasteiger partial charge in [0.05, 0.1) is 0 Å². The van der Waals surface area contributed by atoms with Crippen LogP contribution in [-0.2, 0) is 0 Å². The molecule has 1 N–H and O–H groups in total. The highest BCUT2D eigenvalue weighted by Crippen LogP contribution is 1.95. The summed E-state index contributed by atoms with van der Waals surface area (Å²) in [5, 5.41) is 8.41. The maximum absolute atomic E-state index is 8.41. The SMILES string of the molecule is [2H][C@](C)(CC)CO. The van der Waals surface area contributed by atoms with Gasteiger partial charge in [0.25, 0.3) is 0 Å². The van der Waals surface area contributed by atoms with E-state index in [-0.39, 0.29) is 6.61 Å². The minimum absolute atomic E-state index is 0.0382. The molecule has 0 heterocycles. The molecule has 0 aromatic heterocycles. The van der Waals surface area contributed by atoms with Crippen molar-refractivity contribution in [2.75, 3.05) is 6.61 Å². The van der Waals surface area contributed by atoms with Crippen LogP contribution >= 0.6 is 0 Å². The monoisotopic (exact) mass is 89.1 g/mol. The average Bonchev–Trinajstić information content (AvgIpc) is 1.68. The molecule has 1 heteroatoms. The summed E-state index contributed by atoms with van der Waals surface area (Å²) in [7, 11) is 0. The second-order valence-electron chi connectivity index (χ2n) is 1.47. The van der Waals surface area contributed by atoms with Crippen LogP contribution in [0.4, 0.5) is 0 Å². The molecule has 0 saturated carbocycles. The second-order valence-corrected chi connectivity index (χ2v) is 1.47. The first-order valence-corrected chi connectivity index (χ1v) is 2.23. The van der Waals surface area contributed by atoms with Gasteiger partial charge in [-0.15, -0.1) is 0 Å². The first-order valence-electron chi connectivity index (χ1n) is 2.73.